The Kier molecular flexibility index (Phi) is 8.25. The third-order valence-electron chi connectivity index (χ3n) is 3.91. The van der Waals surface area contributed by atoms with Crippen molar-refractivity contribution >= 4 is 8.80 Å². The molecule has 0 saturated heterocycles. The van der Waals surface area contributed by atoms with Crippen LogP contribution in [0.25, 0.3) is 0 Å². The van der Waals surface area contributed by atoms with Gasteiger partial charge < -0.3 is 13.3 Å². The summed E-state index contributed by atoms with van der Waals surface area (Å²) in [5, 5.41) is 0. The number of hydrogen-bond donors (Lipinski definition) is 0. The first-order valence-corrected chi connectivity index (χ1v) is 9.61. The van der Waals surface area contributed by atoms with Crippen LogP contribution in [0.3, 0.4) is 0 Å². The monoisotopic (exact) mass is 350 g/mol. The molecule has 0 unspecified atom stereocenters. The molecule has 1 aromatic rings. The Morgan fingerprint density at radius 3 is 1.83 bits per heavy atom. The van der Waals surface area contributed by atoms with Crippen molar-refractivity contribution in [2.24, 2.45) is 0 Å². The van der Waals surface area contributed by atoms with Gasteiger partial charge in [0.1, 0.15) is 0 Å². The third-order valence-corrected chi connectivity index (χ3v) is 6.74. The molecule has 0 N–H and O–H groups in total. The number of benzene rings is 1. The highest BCUT2D eigenvalue weighted by Gasteiger charge is 2.36. The Hall–Kier alpha value is -0.893. The Bertz CT molecular complexity index is 437. The molecule has 0 aromatic heterocycles. The summed E-state index contributed by atoms with van der Waals surface area (Å²) in [6.07, 6.45) is 0.467. The minimum atomic E-state index is -4.26. The van der Waals surface area contributed by atoms with E-state index in [2.05, 4.69) is 0 Å². The Labute approximate surface area is 137 Å². The first-order chi connectivity index (χ1) is 10.9. The van der Waals surface area contributed by atoms with E-state index in [0.717, 1.165) is 55.8 Å². The number of halogens is 3. The van der Waals surface area contributed by atoms with Crippen LogP contribution in [0.15, 0.2) is 24.3 Å². The Morgan fingerprint density at radius 1 is 0.826 bits per heavy atom. The minimum absolute atomic E-state index is 0.596. The lowest BCUT2D eigenvalue weighted by atomic mass is 10.0. The van der Waals surface area contributed by atoms with Crippen molar-refractivity contribution in [1.29, 1.82) is 0 Å². The molecule has 0 radical (unpaired) electrons. The van der Waals surface area contributed by atoms with E-state index >= 15 is 0 Å². The zero-order valence-electron chi connectivity index (χ0n) is 13.9. The molecule has 0 heterocycles. The van der Waals surface area contributed by atoms with E-state index in [4.69, 9.17) is 13.3 Å². The fourth-order valence-electron chi connectivity index (χ4n) is 2.44. The van der Waals surface area contributed by atoms with Crippen molar-refractivity contribution in [3.63, 3.8) is 0 Å². The number of unbranched alkanes of at least 4 members (excludes halogenated alkanes) is 3. The molecule has 0 atom stereocenters. The van der Waals surface area contributed by atoms with Crippen molar-refractivity contribution < 1.29 is 26.4 Å². The zero-order valence-corrected chi connectivity index (χ0v) is 14.9. The van der Waals surface area contributed by atoms with Gasteiger partial charge in [-0.2, -0.15) is 13.2 Å². The van der Waals surface area contributed by atoms with Crippen LogP contribution in [0.5, 0.6) is 0 Å². The summed E-state index contributed by atoms with van der Waals surface area (Å²) in [7, 11) is 2.33. The zero-order chi connectivity index (χ0) is 17.3. The van der Waals surface area contributed by atoms with E-state index in [1.54, 1.807) is 33.5 Å². The van der Waals surface area contributed by atoms with Gasteiger partial charge in [0.25, 0.3) is 0 Å². The van der Waals surface area contributed by atoms with Gasteiger partial charge in [-0.3, -0.25) is 0 Å². The number of hydrogen-bond acceptors (Lipinski definition) is 3. The Balaban J connectivity index is 2.25. The summed E-state index contributed by atoms with van der Waals surface area (Å²) in [4.78, 5) is 0. The van der Waals surface area contributed by atoms with Crippen LogP contribution < -0.4 is 0 Å². The van der Waals surface area contributed by atoms with Gasteiger partial charge in [0.05, 0.1) is 5.56 Å². The predicted molar refractivity (Wildman–Crippen MR) is 85.2 cm³/mol. The molecule has 0 bridgehead atoms. The molecule has 0 saturated carbocycles. The van der Waals surface area contributed by atoms with Crippen LogP contribution in [0.4, 0.5) is 13.2 Å². The van der Waals surface area contributed by atoms with Gasteiger partial charge in [0, 0.05) is 27.4 Å². The maximum atomic E-state index is 12.5. The molecule has 0 spiro atoms. The van der Waals surface area contributed by atoms with Gasteiger partial charge in [0.15, 0.2) is 0 Å². The van der Waals surface area contributed by atoms with Crippen LogP contribution in [-0.2, 0) is 25.9 Å². The molecule has 0 aliphatic rings. The lowest BCUT2D eigenvalue weighted by Crippen LogP contribution is -2.42. The smallest absolute Gasteiger partial charge is 0.377 e. The molecule has 1 aromatic carbocycles. The maximum Gasteiger partial charge on any atom is 0.500 e. The third kappa shape index (κ3) is 6.62. The quantitative estimate of drug-likeness (QED) is 0.453. The highest BCUT2D eigenvalue weighted by atomic mass is 28.4. The van der Waals surface area contributed by atoms with Crippen LogP contribution in [0, 0.1) is 0 Å². The fraction of sp³-hybridized carbons (Fsp3) is 0.625. The van der Waals surface area contributed by atoms with Crippen molar-refractivity contribution in [3.05, 3.63) is 35.4 Å². The van der Waals surface area contributed by atoms with Crippen LogP contribution in [-0.4, -0.2) is 30.1 Å². The standard InChI is InChI=1S/C16H25F3O3Si/c1-20-23(21-2,22-3)13-7-5-4-6-8-14-9-11-15(12-10-14)16(17,18)19/h9-12H,4-8,13H2,1-3H3. The summed E-state index contributed by atoms with van der Waals surface area (Å²) in [6, 6.07) is 6.18. The lowest BCUT2D eigenvalue weighted by Gasteiger charge is -2.24. The minimum Gasteiger partial charge on any atom is -0.377 e. The normalized spacial score (nSPS) is 12.6. The average Bonchev–Trinajstić information content (AvgIpc) is 2.54. The lowest BCUT2D eigenvalue weighted by molar-refractivity contribution is -0.137. The van der Waals surface area contributed by atoms with Crippen molar-refractivity contribution in [2.45, 2.75) is 44.3 Å². The number of alkyl halides is 3. The molecule has 23 heavy (non-hydrogen) atoms. The van der Waals surface area contributed by atoms with E-state index in [9.17, 15) is 13.2 Å². The average molecular weight is 350 g/mol. The summed E-state index contributed by atoms with van der Waals surface area (Å²) in [6.45, 7) is 0. The van der Waals surface area contributed by atoms with Crippen LogP contribution in [0.2, 0.25) is 6.04 Å². The molecule has 3 nitrogen and oxygen atoms in total. The molecular weight excluding hydrogens is 325 g/mol. The van der Waals surface area contributed by atoms with Gasteiger partial charge in [-0.1, -0.05) is 25.0 Å². The summed E-state index contributed by atoms with van der Waals surface area (Å²) in [5.74, 6) is 0. The van der Waals surface area contributed by atoms with E-state index in [0.29, 0.717) is 0 Å². The van der Waals surface area contributed by atoms with Gasteiger partial charge in [-0.05, 0) is 37.0 Å². The second-order valence-electron chi connectivity index (χ2n) is 5.40. The summed E-state index contributed by atoms with van der Waals surface area (Å²) < 4.78 is 53.5. The molecule has 7 heteroatoms. The molecule has 0 aliphatic heterocycles. The first-order valence-electron chi connectivity index (χ1n) is 7.68. The van der Waals surface area contributed by atoms with E-state index < -0.39 is 20.5 Å². The van der Waals surface area contributed by atoms with Gasteiger partial charge in [0.2, 0.25) is 0 Å². The van der Waals surface area contributed by atoms with E-state index in [1.165, 1.54) is 0 Å². The summed E-state index contributed by atoms with van der Waals surface area (Å²) in [5.41, 5.74) is 0.341. The summed E-state index contributed by atoms with van der Waals surface area (Å²) >= 11 is 0. The molecule has 0 aliphatic carbocycles. The van der Waals surface area contributed by atoms with Crippen LogP contribution >= 0.6 is 0 Å². The predicted octanol–water partition coefficient (Wildman–Crippen LogP) is 4.69. The van der Waals surface area contributed by atoms with Gasteiger partial charge >= 0.3 is 15.0 Å². The highest BCUT2D eigenvalue weighted by Crippen LogP contribution is 2.29. The molecular formula is C16H25F3O3Si. The fourth-order valence-corrected chi connectivity index (χ4v) is 4.24. The molecule has 0 amide bonds. The second kappa shape index (κ2) is 9.41. The van der Waals surface area contributed by atoms with Crippen LogP contribution in [0.1, 0.15) is 36.8 Å². The van der Waals surface area contributed by atoms with Crippen molar-refractivity contribution in [2.75, 3.05) is 21.3 Å². The number of aryl methyl sites for hydroxylation is 1. The van der Waals surface area contributed by atoms with E-state index in [-0.39, 0.29) is 0 Å². The largest absolute Gasteiger partial charge is 0.500 e. The number of rotatable bonds is 10. The SMILES string of the molecule is CO[Si](CCCCCCc1ccc(C(F)(F)F)cc1)(OC)OC. The van der Waals surface area contributed by atoms with Gasteiger partial charge in [-0.15, -0.1) is 0 Å². The van der Waals surface area contributed by atoms with E-state index in [1.807, 2.05) is 0 Å². The maximum absolute atomic E-state index is 12.5. The van der Waals surface area contributed by atoms with Crippen molar-refractivity contribution in [1.82, 2.24) is 0 Å². The molecule has 0 fully saturated rings. The van der Waals surface area contributed by atoms with Gasteiger partial charge in [-0.25, -0.2) is 0 Å². The second-order valence-corrected chi connectivity index (χ2v) is 8.50. The molecule has 1 rings (SSSR count). The van der Waals surface area contributed by atoms with Crippen molar-refractivity contribution in [3.8, 4) is 0 Å². The molecule has 132 valence electrons. The highest BCUT2D eigenvalue weighted by molar-refractivity contribution is 6.60. The topological polar surface area (TPSA) is 27.7 Å². The Morgan fingerprint density at radius 2 is 1.35 bits per heavy atom. The first kappa shape index (κ1) is 20.2.